The molecule has 1 aromatic carbocycles. The van der Waals surface area contributed by atoms with Crippen LogP contribution in [0, 0.1) is 0 Å². The van der Waals surface area contributed by atoms with E-state index in [0.717, 1.165) is 37.8 Å². The number of hydrogen-bond acceptors (Lipinski definition) is 7. The molecule has 0 atom stereocenters. The molecule has 0 aliphatic carbocycles. The van der Waals surface area contributed by atoms with Crippen LogP contribution in [0.3, 0.4) is 0 Å². The molecule has 206 valence electrons. The lowest BCUT2D eigenvalue weighted by Gasteiger charge is -2.20. The molecular weight excluding hydrogens is 457 g/mol. The molecule has 7 nitrogen and oxygen atoms in total. The van der Waals surface area contributed by atoms with E-state index in [4.69, 9.17) is 9.47 Å². The summed E-state index contributed by atoms with van der Waals surface area (Å²) in [4.78, 5) is 24.9. The van der Waals surface area contributed by atoms with E-state index in [-0.39, 0.29) is 17.5 Å². The SMILES string of the molecule is CCCCCCC(=O)OC(C)(C)C.CN(CCCCC(=O)OC(C)(C)C)Cc1ccccc1B(O)O. The molecule has 1 rings (SSSR count). The minimum atomic E-state index is -1.45. The summed E-state index contributed by atoms with van der Waals surface area (Å²) < 4.78 is 10.5. The molecule has 0 unspecified atom stereocenters. The summed E-state index contributed by atoms with van der Waals surface area (Å²) in [7, 11) is 0.528. The topological polar surface area (TPSA) is 96.3 Å². The third kappa shape index (κ3) is 19.3. The van der Waals surface area contributed by atoms with Crippen LogP contribution in [0.1, 0.15) is 105 Å². The summed E-state index contributed by atoms with van der Waals surface area (Å²) in [6.45, 7) is 14.9. The van der Waals surface area contributed by atoms with Gasteiger partial charge in [-0.3, -0.25) is 9.59 Å². The predicted octanol–water partition coefficient (Wildman–Crippen LogP) is 4.61. The molecule has 0 amide bonds. The molecule has 0 saturated carbocycles. The summed E-state index contributed by atoms with van der Waals surface area (Å²) in [5, 5.41) is 18.7. The lowest BCUT2D eigenvalue weighted by atomic mass is 9.77. The zero-order valence-electron chi connectivity index (χ0n) is 23.9. The van der Waals surface area contributed by atoms with Crippen LogP contribution in [-0.2, 0) is 25.6 Å². The summed E-state index contributed by atoms with van der Waals surface area (Å²) in [6.07, 6.45) is 7.17. The Morgan fingerprint density at radius 2 is 1.33 bits per heavy atom. The van der Waals surface area contributed by atoms with Crippen molar-refractivity contribution in [2.45, 2.75) is 118 Å². The molecule has 1 aromatic rings. The van der Waals surface area contributed by atoms with E-state index in [1.54, 1.807) is 12.1 Å². The number of carbonyl (C=O) groups excluding carboxylic acids is 2. The molecule has 0 aliphatic heterocycles. The highest BCUT2D eigenvalue weighted by atomic mass is 16.6. The first kappa shape index (κ1) is 34.1. The maximum absolute atomic E-state index is 11.6. The number of ether oxygens (including phenoxy) is 2. The number of unbranched alkanes of at least 4 members (excludes halogenated alkanes) is 4. The molecular formula is C28H50BNO6. The van der Waals surface area contributed by atoms with Gasteiger partial charge in [0.2, 0.25) is 0 Å². The second-order valence-electron chi connectivity index (χ2n) is 11.3. The van der Waals surface area contributed by atoms with Gasteiger partial charge in [0.1, 0.15) is 11.2 Å². The van der Waals surface area contributed by atoms with Crippen molar-refractivity contribution in [1.82, 2.24) is 4.90 Å². The molecule has 0 aromatic heterocycles. The van der Waals surface area contributed by atoms with E-state index < -0.39 is 12.7 Å². The lowest BCUT2D eigenvalue weighted by molar-refractivity contribution is -0.156. The highest BCUT2D eigenvalue weighted by Crippen LogP contribution is 2.12. The van der Waals surface area contributed by atoms with Gasteiger partial charge in [-0.2, -0.15) is 0 Å². The van der Waals surface area contributed by atoms with Gasteiger partial charge < -0.3 is 24.4 Å². The number of benzene rings is 1. The first-order valence-corrected chi connectivity index (χ1v) is 13.2. The normalized spacial score (nSPS) is 11.5. The van der Waals surface area contributed by atoms with Crippen molar-refractivity contribution in [3.63, 3.8) is 0 Å². The highest BCUT2D eigenvalue weighted by molar-refractivity contribution is 6.59. The van der Waals surface area contributed by atoms with Crippen molar-refractivity contribution >= 4 is 24.5 Å². The van der Waals surface area contributed by atoms with E-state index in [1.807, 2.05) is 60.7 Å². The van der Waals surface area contributed by atoms with Gasteiger partial charge in [0.05, 0.1) is 0 Å². The predicted molar refractivity (Wildman–Crippen MR) is 147 cm³/mol. The molecule has 0 radical (unpaired) electrons. The Morgan fingerprint density at radius 1 is 0.833 bits per heavy atom. The van der Waals surface area contributed by atoms with Gasteiger partial charge in [0.25, 0.3) is 0 Å². The summed E-state index contributed by atoms with van der Waals surface area (Å²) in [5.41, 5.74) is 0.676. The number of carbonyl (C=O) groups is 2. The summed E-state index contributed by atoms with van der Waals surface area (Å²) >= 11 is 0. The van der Waals surface area contributed by atoms with Crippen molar-refractivity contribution in [2.24, 2.45) is 0 Å². The second kappa shape index (κ2) is 17.5. The second-order valence-corrected chi connectivity index (χ2v) is 11.3. The Morgan fingerprint density at radius 3 is 1.81 bits per heavy atom. The van der Waals surface area contributed by atoms with Gasteiger partial charge in [-0.1, -0.05) is 50.5 Å². The Hall–Kier alpha value is -1.90. The fraction of sp³-hybridized carbons (Fsp3) is 0.714. The molecule has 0 aliphatic rings. The average Bonchev–Trinajstić information content (AvgIpc) is 2.72. The van der Waals surface area contributed by atoms with Crippen LogP contribution >= 0.6 is 0 Å². The van der Waals surface area contributed by atoms with Crippen LogP contribution in [0.4, 0.5) is 0 Å². The van der Waals surface area contributed by atoms with Crippen molar-refractivity contribution in [2.75, 3.05) is 13.6 Å². The fourth-order valence-electron chi connectivity index (χ4n) is 3.43. The van der Waals surface area contributed by atoms with Gasteiger partial charge >= 0.3 is 19.1 Å². The quantitative estimate of drug-likeness (QED) is 0.229. The van der Waals surface area contributed by atoms with Crippen LogP contribution in [0.15, 0.2) is 24.3 Å². The third-order valence-electron chi connectivity index (χ3n) is 5.02. The first-order chi connectivity index (χ1) is 16.6. The minimum Gasteiger partial charge on any atom is -0.460 e. The number of rotatable bonds is 13. The van der Waals surface area contributed by atoms with Crippen molar-refractivity contribution in [3.8, 4) is 0 Å². The highest BCUT2D eigenvalue weighted by Gasteiger charge is 2.17. The molecule has 0 spiro atoms. The Bertz CT molecular complexity index is 755. The molecule has 8 heteroatoms. The monoisotopic (exact) mass is 507 g/mol. The maximum Gasteiger partial charge on any atom is 0.488 e. The molecule has 2 N–H and O–H groups in total. The van der Waals surface area contributed by atoms with Crippen LogP contribution in [0.25, 0.3) is 0 Å². The summed E-state index contributed by atoms with van der Waals surface area (Å²) in [5.74, 6) is -0.225. The summed E-state index contributed by atoms with van der Waals surface area (Å²) in [6, 6.07) is 7.29. The maximum atomic E-state index is 11.6. The Labute approximate surface area is 219 Å². The van der Waals surface area contributed by atoms with Crippen LogP contribution in [0.5, 0.6) is 0 Å². The van der Waals surface area contributed by atoms with E-state index in [2.05, 4.69) is 11.8 Å². The first-order valence-electron chi connectivity index (χ1n) is 13.2. The average molecular weight is 508 g/mol. The largest absolute Gasteiger partial charge is 0.488 e. The number of esters is 2. The number of nitrogens with zero attached hydrogens (tertiary/aromatic N) is 1. The van der Waals surface area contributed by atoms with Crippen molar-refractivity contribution in [3.05, 3.63) is 29.8 Å². The molecule has 0 bridgehead atoms. The van der Waals surface area contributed by atoms with E-state index in [0.29, 0.717) is 24.8 Å². The molecule has 36 heavy (non-hydrogen) atoms. The van der Waals surface area contributed by atoms with Gasteiger partial charge in [-0.25, -0.2) is 0 Å². The van der Waals surface area contributed by atoms with Crippen molar-refractivity contribution in [1.29, 1.82) is 0 Å². The standard InChI is InChI=1S/C17H28BNO4.C11H22O2/c1-17(2,3)23-16(20)11-7-8-12-19(4)13-14-9-5-6-10-15(14)18(21)22;1-5-6-7-8-9-10(12)13-11(2,3)4/h5-6,9-10,21-22H,7-8,11-13H2,1-4H3;5-9H2,1-4H3. The Kier molecular flexibility index (Phi) is 16.6. The third-order valence-corrected chi connectivity index (χ3v) is 5.02. The van der Waals surface area contributed by atoms with Crippen LogP contribution in [-0.4, -0.2) is 58.8 Å². The fourth-order valence-corrected chi connectivity index (χ4v) is 3.43. The Balaban J connectivity index is 0.000000802. The number of hydrogen-bond donors (Lipinski definition) is 2. The zero-order valence-corrected chi connectivity index (χ0v) is 23.9. The van der Waals surface area contributed by atoms with Crippen LogP contribution < -0.4 is 5.46 Å². The minimum absolute atomic E-state index is 0.0661. The van der Waals surface area contributed by atoms with Gasteiger partial charge in [0, 0.05) is 19.4 Å². The van der Waals surface area contributed by atoms with Gasteiger partial charge in [-0.15, -0.1) is 0 Å². The zero-order chi connectivity index (χ0) is 27.8. The lowest BCUT2D eigenvalue weighted by Crippen LogP contribution is -2.35. The van der Waals surface area contributed by atoms with E-state index >= 15 is 0 Å². The van der Waals surface area contributed by atoms with Crippen LogP contribution in [0.2, 0.25) is 0 Å². The van der Waals surface area contributed by atoms with E-state index in [1.165, 1.54) is 12.8 Å². The van der Waals surface area contributed by atoms with Crippen molar-refractivity contribution < 1.29 is 29.1 Å². The van der Waals surface area contributed by atoms with E-state index in [9.17, 15) is 19.6 Å². The smallest absolute Gasteiger partial charge is 0.460 e. The molecule has 0 saturated heterocycles. The van der Waals surface area contributed by atoms with Gasteiger partial charge in [0.15, 0.2) is 0 Å². The molecule has 0 heterocycles. The molecule has 0 fully saturated rings. The van der Waals surface area contributed by atoms with Gasteiger partial charge in [-0.05, 0) is 85.4 Å².